The fourth-order valence-electron chi connectivity index (χ4n) is 3.55. The van der Waals surface area contributed by atoms with Crippen LogP contribution in [-0.2, 0) is 9.59 Å². The van der Waals surface area contributed by atoms with Crippen LogP contribution < -0.4 is 19.7 Å². The minimum Gasteiger partial charge on any atom is -0.497 e. The number of hydrogen-bond acceptors (Lipinski definition) is 5. The summed E-state index contributed by atoms with van der Waals surface area (Å²) in [6.07, 6.45) is 0.881. The Kier molecular flexibility index (Phi) is 6.66. The molecule has 0 unspecified atom stereocenters. The summed E-state index contributed by atoms with van der Waals surface area (Å²) in [5.74, 6) is 0.427. The van der Waals surface area contributed by atoms with Crippen LogP contribution >= 0.6 is 11.6 Å². The molecule has 33 heavy (non-hydrogen) atoms. The molecular formula is C26H23ClN2O4. The number of hydrogen-bond donors (Lipinski definition) is 1. The number of imide groups is 1. The zero-order chi connectivity index (χ0) is 23.4. The molecule has 1 heterocycles. The third-order valence-corrected chi connectivity index (χ3v) is 5.34. The van der Waals surface area contributed by atoms with Crippen LogP contribution in [0.15, 0.2) is 78.5 Å². The molecule has 0 bridgehead atoms. The van der Waals surface area contributed by atoms with Crippen molar-refractivity contribution in [3.63, 3.8) is 0 Å². The van der Waals surface area contributed by atoms with Gasteiger partial charge in [-0.1, -0.05) is 42.8 Å². The topological polar surface area (TPSA) is 67.9 Å². The van der Waals surface area contributed by atoms with Gasteiger partial charge < -0.3 is 14.8 Å². The van der Waals surface area contributed by atoms with E-state index in [0.29, 0.717) is 40.1 Å². The van der Waals surface area contributed by atoms with Crippen molar-refractivity contribution in [2.24, 2.45) is 0 Å². The maximum absolute atomic E-state index is 13.5. The molecule has 1 aliphatic heterocycles. The largest absolute Gasteiger partial charge is 0.497 e. The molecule has 3 aromatic rings. The molecular weight excluding hydrogens is 440 g/mol. The maximum Gasteiger partial charge on any atom is 0.282 e. The van der Waals surface area contributed by atoms with Crippen molar-refractivity contribution < 1.29 is 19.1 Å². The number of amides is 2. The molecule has 0 saturated carbocycles. The lowest BCUT2D eigenvalue weighted by Gasteiger charge is -2.16. The zero-order valence-electron chi connectivity index (χ0n) is 18.3. The summed E-state index contributed by atoms with van der Waals surface area (Å²) >= 11 is 6.12. The summed E-state index contributed by atoms with van der Waals surface area (Å²) < 4.78 is 10.9. The summed E-state index contributed by atoms with van der Waals surface area (Å²) in [5, 5.41) is 3.58. The van der Waals surface area contributed by atoms with Crippen LogP contribution in [0.1, 0.15) is 18.9 Å². The third-order valence-electron chi connectivity index (χ3n) is 5.11. The number of halogens is 1. The van der Waals surface area contributed by atoms with Crippen molar-refractivity contribution in [3.8, 4) is 11.5 Å². The first-order valence-corrected chi connectivity index (χ1v) is 10.9. The molecule has 0 atom stereocenters. The van der Waals surface area contributed by atoms with Crippen molar-refractivity contribution in [1.82, 2.24) is 0 Å². The number of rotatable bonds is 8. The Morgan fingerprint density at radius 3 is 2.36 bits per heavy atom. The molecule has 168 valence electrons. The Morgan fingerprint density at radius 1 is 0.909 bits per heavy atom. The standard InChI is InChI=1S/C26H23ClN2O4/c1-3-14-33-22-9-5-7-19(16-22)28-24-23(17-10-12-21(32-2)13-11-17)25(30)29(26(24)31)20-8-4-6-18(27)15-20/h4-13,15-16,28H,3,14H2,1-2H3. The van der Waals surface area contributed by atoms with Gasteiger partial charge in [-0.2, -0.15) is 0 Å². The van der Waals surface area contributed by atoms with Crippen LogP contribution in [0.3, 0.4) is 0 Å². The second-order valence-corrected chi connectivity index (χ2v) is 7.84. The van der Waals surface area contributed by atoms with Crippen molar-refractivity contribution >= 4 is 40.4 Å². The van der Waals surface area contributed by atoms with Crippen molar-refractivity contribution in [1.29, 1.82) is 0 Å². The molecule has 0 spiro atoms. The van der Waals surface area contributed by atoms with Gasteiger partial charge in [-0.3, -0.25) is 9.59 Å². The Morgan fingerprint density at radius 2 is 1.67 bits per heavy atom. The Balaban J connectivity index is 1.76. The Bertz CT molecular complexity index is 1220. The van der Waals surface area contributed by atoms with Crippen LogP contribution in [0.2, 0.25) is 5.02 Å². The molecule has 3 aromatic carbocycles. The fourth-order valence-corrected chi connectivity index (χ4v) is 3.73. The van der Waals surface area contributed by atoms with Gasteiger partial charge >= 0.3 is 0 Å². The predicted octanol–water partition coefficient (Wildman–Crippen LogP) is 5.53. The second-order valence-electron chi connectivity index (χ2n) is 7.41. The predicted molar refractivity (Wildman–Crippen MR) is 130 cm³/mol. The smallest absolute Gasteiger partial charge is 0.282 e. The highest BCUT2D eigenvalue weighted by Crippen LogP contribution is 2.35. The highest BCUT2D eigenvalue weighted by atomic mass is 35.5. The second kappa shape index (κ2) is 9.79. The molecule has 4 rings (SSSR count). The number of carbonyl (C=O) groups excluding carboxylic acids is 2. The zero-order valence-corrected chi connectivity index (χ0v) is 19.1. The summed E-state index contributed by atoms with van der Waals surface area (Å²) in [6.45, 7) is 2.62. The Hall–Kier alpha value is -3.77. The first-order chi connectivity index (χ1) is 16.0. The first kappa shape index (κ1) is 22.4. The van der Waals surface area contributed by atoms with E-state index in [1.54, 1.807) is 61.7 Å². The monoisotopic (exact) mass is 462 g/mol. The number of methoxy groups -OCH3 is 1. The summed E-state index contributed by atoms with van der Waals surface area (Å²) in [6, 6.07) is 21.0. The Labute approximate surface area is 197 Å². The van der Waals surface area contributed by atoms with E-state index in [1.165, 1.54) is 0 Å². The van der Waals surface area contributed by atoms with E-state index < -0.39 is 11.8 Å². The van der Waals surface area contributed by atoms with Gasteiger partial charge in [0.2, 0.25) is 0 Å². The fraction of sp³-hybridized carbons (Fsp3) is 0.154. The van der Waals surface area contributed by atoms with Gasteiger partial charge in [0.25, 0.3) is 11.8 Å². The number of nitrogens with zero attached hydrogens (tertiary/aromatic N) is 1. The van der Waals surface area contributed by atoms with E-state index in [0.717, 1.165) is 11.3 Å². The summed E-state index contributed by atoms with van der Waals surface area (Å²) in [7, 11) is 1.57. The van der Waals surface area contributed by atoms with Gasteiger partial charge in [0.05, 0.1) is 25.0 Å². The molecule has 0 saturated heterocycles. The van der Waals surface area contributed by atoms with E-state index in [1.807, 2.05) is 25.1 Å². The van der Waals surface area contributed by atoms with E-state index >= 15 is 0 Å². The number of anilines is 2. The van der Waals surface area contributed by atoms with Crippen LogP contribution in [-0.4, -0.2) is 25.5 Å². The third kappa shape index (κ3) is 4.71. The van der Waals surface area contributed by atoms with Crippen molar-refractivity contribution in [2.45, 2.75) is 13.3 Å². The number of carbonyl (C=O) groups is 2. The number of ether oxygens (including phenoxy) is 2. The minimum absolute atomic E-state index is 0.179. The summed E-state index contributed by atoms with van der Waals surface area (Å²) in [5.41, 5.74) is 2.08. The van der Waals surface area contributed by atoms with Gasteiger partial charge in [-0.25, -0.2) is 4.90 Å². The molecule has 1 N–H and O–H groups in total. The number of benzene rings is 3. The molecule has 0 radical (unpaired) electrons. The van der Waals surface area contributed by atoms with Crippen LogP contribution in [0.25, 0.3) is 5.57 Å². The van der Waals surface area contributed by atoms with Crippen LogP contribution in [0.5, 0.6) is 11.5 Å². The van der Waals surface area contributed by atoms with Crippen molar-refractivity contribution in [2.75, 3.05) is 23.9 Å². The van der Waals surface area contributed by atoms with Gasteiger partial charge in [0, 0.05) is 16.8 Å². The lowest BCUT2D eigenvalue weighted by molar-refractivity contribution is -0.120. The molecule has 0 fully saturated rings. The van der Waals surface area contributed by atoms with Gasteiger partial charge in [-0.05, 0) is 54.4 Å². The van der Waals surface area contributed by atoms with Gasteiger partial charge in [0.1, 0.15) is 17.2 Å². The first-order valence-electron chi connectivity index (χ1n) is 10.5. The maximum atomic E-state index is 13.5. The summed E-state index contributed by atoms with van der Waals surface area (Å²) in [4.78, 5) is 28.1. The number of nitrogens with one attached hydrogen (secondary N) is 1. The van der Waals surface area contributed by atoms with Crippen molar-refractivity contribution in [3.05, 3.63) is 89.1 Å². The van der Waals surface area contributed by atoms with E-state index in [4.69, 9.17) is 21.1 Å². The normalized spacial score (nSPS) is 13.5. The minimum atomic E-state index is -0.465. The van der Waals surface area contributed by atoms with Gasteiger partial charge in [0.15, 0.2) is 0 Å². The van der Waals surface area contributed by atoms with Gasteiger partial charge in [-0.15, -0.1) is 0 Å². The SMILES string of the molecule is CCCOc1cccc(NC2=C(c3ccc(OC)cc3)C(=O)N(c3cccc(Cl)c3)C2=O)c1. The average Bonchev–Trinajstić information content (AvgIpc) is 3.07. The van der Waals surface area contributed by atoms with E-state index in [9.17, 15) is 9.59 Å². The lowest BCUT2D eigenvalue weighted by Crippen LogP contribution is -2.32. The molecule has 2 amide bonds. The highest BCUT2D eigenvalue weighted by Gasteiger charge is 2.40. The average molecular weight is 463 g/mol. The molecule has 7 heteroatoms. The molecule has 0 aromatic heterocycles. The van der Waals surface area contributed by atoms with Crippen LogP contribution in [0.4, 0.5) is 11.4 Å². The van der Waals surface area contributed by atoms with E-state index in [-0.39, 0.29) is 11.3 Å². The molecule has 1 aliphatic rings. The molecule has 6 nitrogen and oxygen atoms in total. The lowest BCUT2D eigenvalue weighted by atomic mass is 10.0. The van der Waals surface area contributed by atoms with E-state index in [2.05, 4.69) is 5.32 Å². The quantitative estimate of drug-likeness (QED) is 0.445. The highest BCUT2D eigenvalue weighted by molar-refractivity contribution is 6.46. The molecule has 0 aliphatic carbocycles. The van der Waals surface area contributed by atoms with Crippen LogP contribution in [0, 0.1) is 0 Å².